The topological polar surface area (TPSA) is 35.5 Å². The first-order valence-electron chi connectivity index (χ1n) is 8.09. The number of aliphatic hydroxyl groups is 1. The van der Waals surface area contributed by atoms with E-state index in [9.17, 15) is 5.11 Å². The molecule has 2 atom stereocenters. The fraction of sp³-hybridized carbons (Fsp3) is 1.00. The molecule has 2 N–H and O–H groups in total. The van der Waals surface area contributed by atoms with Crippen LogP contribution in [-0.4, -0.2) is 48.3 Å². The monoisotopic (exact) mass is 268 g/mol. The van der Waals surface area contributed by atoms with Gasteiger partial charge in [0.15, 0.2) is 0 Å². The molecule has 1 saturated heterocycles. The summed E-state index contributed by atoms with van der Waals surface area (Å²) < 4.78 is 0. The fourth-order valence-electron chi connectivity index (χ4n) is 3.16. The van der Waals surface area contributed by atoms with Gasteiger partial charge in [-0.25, -0.2) is 0 Å². The van der Waals surface area contributed by atoms with Gasteiger partial charge < -0.3 is 15.3 Å². The van der Waals surface area contributed by atoms with Crippen molar-refractivity contribution in [3.8, 4) is 0 Å². The average molecular weight is 268 g/mol. The summed E-state index contributed by atoms with van der Waals surface area (Å²) in [5.41, 5.74) is 0.433. The van der Waals surface area contributed by atoms with Gasteiger partial charge in [-0.3, -0.25) is 0 Å². The van der Waals surface area contributed by atoms with Crippen molar-refractivity contribution >= 4 is 0 Å². The van der Waals surface area contributed by atoms with E-state index in [1.54, 1.807) is 0 Å². The van der Waals surface area contributed by atoms with Gasteiger partial charge in [0, 0.05) is 19.1 Å². The third kappa shape index (κ3) is 5.41. The lowest BCUT2D eigenvalue weighted by Crippen LogP contribution is -2.39. The molecule has 0 aromatic carbocycles. The molecule has 0 spiro atoms. The molecule has 2 unspecified atom stereocenters. The third-order valence-corrected chi connectivity index (χ3v) is 4.73. The Kier molecular flexibility index (Phi) is 5.27. The third-order valence-electron chi connectivity index (χ3n) is 4.73. The summed E-state index contributed by atoms with van der Waals surface area (Å²) in [5, 5.41) is 13.5. The molecule has 0 aromatic rings. The highest BCUT2D eigenvalue weighted by Gasteiger charge is 2.28. The van der Waals surface area contributed by atoms with Gasteiger partial charge in [-0.05, 0) is 56.5 Å². The van der Waals surface area contributed by atoms with E-state index in [2.05, 4.69) is 31.0 Å². The molecule has 0 radical (unpaired) electrons. The molecule has 2 fully saturated rings. The van der Waals surface area contributed by atoms with Crippen LogP contribution in [0.3, 0.4) is 0 Å². The van der Waals surface area contributed by atoms with Crippen molar-refractivity contribution in [2.45, 2.75) is 65.0 Å². The Balaban J connectivity index is 1.69. The first kappa shape index (κ1) is 15.3. The van der Waals surface area contributed by atoms with Gasteiger partial charge >= 0.3 is 0 Å². The van der Waals surface area contributed by atoms with Gasteiger partial charge in [-0.15, -0.1) is 0 Å². The van der Waals surface area contributed by atoms with E-state index in [1.807, 2.05) is 0 Å². The zero-order valence-electron chi connectivity index (χ0n) is 13.0. The predicted octanol–water partition coefficient (Wildman–Crippen LogP) is 2.25. The Hall–Kier alpha value is -0.120. The van der Waals surface area contributed by atoms with E-state index in [0.717, 1.165) is 32.1 Å². The minimum atomic E-state index is -0.202. The zero-order chi connectivity index (χ0) is 13.9. The van der Waals surface area contributed by atoms with Gasteiger partial charge in [-0.1, -0.05) is 20.8 Å². The molecule has 1 heterocycles. The fourth-order valence-corrected chi connectivity index (χ4v) is 3.16. The van der Waals surface area contributed by atoms with Crippen molar-refractivity contribution in [2.75, 3.05) is 26.2 Å². The number of likely N-dealkylation sites (tertiary alicyclic amines) is 1. The van der Waals surface area contributed by atoms with Crippen LogP contribution in [0.25, 0.3) is 0 Å². The lowest BCUT2D eigenvalue weighted by atomic mass is 9.77. The number of rotatable bonds is 5. The largest absolute Gasteiger partial charge is 0.390 e. The lowest BCUT2D eigenvalue weighted by Gasteiger charge is -2.30. The Morgan fingerprint density at radius 2 is 1.89 bits per heavy atom. The summed E-state index contributed by atoms with van der Waals surface area (Å²) in [6.07, 6.45) is 6.30. The summed E-state index contributed by atoms with van der Waals surface area (Å²) >= 11 is 0. The summed E-state index contributed by atoms with van der Waals surface area (Å²) in [7, 11) is 0. The van der Waals surface area contributed by atoms with Crippen LogP contribution in [0.2, 0.25) is 0 Å². The standard InChI is InChI=1S/C16H32N2O/c1-16(2,3)13-5-4-9-18(10-8-13)12-15(19)11-17-14-6-7-14/h13-15,17,19H,4-12H2,1-3H3. The molecule has 2 aliphatic rings. The van der Waals surface area contributed by atoms with Crippen molar-refractivity contribution in [3.05, 3.63) is 0 Å². The number of nitrogens with one attached hydrogen (secondary N) is 1. The summed E-state index contributed by atoms with van der Waals surface area (Å²) in [5.74, 6) is 0.833. The lowest BCUT2D eigenvalue weighted by molar-refractivity contribution is 0.110. The average Bonchev–Trinajstić information content (AvgIpc) is 3.12. The molecule has 1 saturated carbocycles. The van der Waals surface area contributed by atoms with E-state index in [4.69, 9.17) is 0 Å². The Labute approximate surface area is 118 Å². The molecule has 0 bridgehead atoms. The van der Waals surface area contributed by atoms with Crippen molar-refractivity contribution in [1.82, 2.24) is 10.2 Å². The predicted molar refractivity (Wildman–Crippen MR) is 80.3 cm³/mol. The molecular weight excluding hydrogens is 236 g/mol. The van der Waals surface area contributed by atoms with Crippen LogP contribution in [0.1, 0.15) is 52.9 Å². The highest BCUT2D eigenvalue weighted by atomic mass is 16.3. The summed E-state index contributed by atoms with van der Waals surface area (Å²) in [6.45, 7) is 11.0. The van der Waals surface area contributed by atoms with E-state index in [1.165, 1.54) is 32.1 Å². The van der Waals surface area contributed by atoms with Gasteiger partial charge in [0.05, 0.1) is 6.10 Å². The number of nitrogens with zero attached hydrogens (tertiary/aromatic N) is 1. The van der Waals surface area contributed by atoms with Gasteiger partial charge in [0.1, 0.15) is 0 Å². The van der Waals surface area contributed by atoms with Crippen LogP contribution in [0, 0.1) is 11.3 Å². The second-order valence-electron chi connectivity index (χ2n) is 7.63. The maximum atomic E-state index is 10.1. The van der Waals surface area contributed by atoms with Crippen LogP contribution in [0.5, 0.6) is 0 Å². The Bertz CT molecular complexity index is 270. The highest BCUT2D eigenvalue weighted by molar-refractivity contribution is 4.83. The molecule has 19 heavy (non-hydrogen) atoms. The van der Waals surface area contributed by atoms with Gasteiger partial charge in [0.2, 0.25) is 0 Å². The van der Waals surface area contributed by atoms with Crippen molar-refractivity contribution in [1.29, 1.82) is 0 Å². The molecule has 0 amide bonds. The second kappa shape index (κ2) is 6.55. The number of hydrogen-bond donors (Lipinski definition) is 2. The smallest absolute Gasteiger partial charge is 0.0791 e. The van der Waals surface area contributed by atoms with E-state index in [0.29, 0.717) is 11.5 Å². The molecular formula is C16H32N2O. The maximum Gasteiger partial charge on any atom is 0.0791 e. The number of β-amino-alcohol motifs (C(OH)–C–C–N with tert-alkyl or cyclic N) is 1. The van der Waals surface area contributed by atoms with E-state index >= 15 is 0 Å². The van der Waals surface area contributed by atoms with Gasteiger partial charge in [-0.2, -0.15) is 0 Å². The zero-order valence-corrected chi connectivity index (χ0v) is 13.0. The van der Waals surface area contributed by atoms with Crippen molar-refractivity contribution < 1.29 is 5.11 Å². The molecule has 3 nitrogen and oxygen atoms in total. The van der Waals surface area contributed by atoms with Crippen LogP contribution < -0.4 is 5.32 Å². The molecule has 3 heteroatoms. The number of aliphatic hydroxyl groups excluding tert-OH is 1. The van der Waals surface area contributed by atoms with Crippen LogP contribution in [0.15, 0.2) is 0 Å². The van der Waals surface area contributed by atoms with Gasteiger partial charge in [0.25, 0.3) is 0 Å². The quantitative estimate of drug-likeness (QED) is 0.803. The molecule has 1 aliphatic heterocycles. The second-order valence-corrected chi connectivity index (χ2v) is 7.63. The van der Waals surface area contributed by atoms with Crippen LogP contribution >= 0.6 is 0 Å². The molecule has 112 valence electrons. The van der Waals surface area contributed by atoms with E-state index < -0.39 is 0 Å². The first-order valence-corrected chi connectivity index (χ1v) is 8.09. The summed E-state index contributed by atoms with van der Waals surface area (Å²) in [6, 6.07) is 0.698. The number of hydrogen-bond acceptors (Lipinski definition) is 3. The van der Waals surface area contributed by atoms with Crippen LogP contribution in [0.4, 0.5) is 0 Å². The highest BCUT2D eigenvalue weighted by Crippen LogP contribution is 2.34. The Morgan fingerprint density at radius 1 is 1.16 bits per heavy atom. The minimum Gasteiger partial charge on any atom is -0.390 e. The maximum absolute atomic E-state index is 10.1. The minimum absolute atomic E-state index is 0.202. The normalized spacial score (nSPS) is 28.1. The SMILES string of the molecule is CC(C)(C)C1CCCN(CC(O)CNC2CC2)CC1. The van der Waals surface area contributed by atoms with Crippen molar-refractivity contribution in [3.63, 3.8) is 0 Å². The van der Waals surface area contributed by atoms with E-state index in [-0.39, 0.29) is 6.10 Å². The van der Waals surface area contributed by atoms with Crippen LogP contribution in [-0.2, 0) is 0 Å². The molecule has 1 aliphatic carbocycles. The molecule has 2 rings (SSSR count). The van der Waals surface area contributed by atoms with Crippen molar-refractivity contribution in [2.24, 2.45) is 11.3 Å². The summed E-state index contributed by atoms with van der Waals surface area (Å²) in [4.78, 5) is 2.46. The first-order chi connectivity index (χ1) is 8.95. The molecule has 0 aromatic heterocycles. The Morgan fingerprint density at radius 3 is 2.53 bits per heavy atom.